The van der Waals surface area contributed by atoms with Crippen molar-refractivity contribution < 1.29 is 0 Å². The van der Waals surface area contributed by atoms with Crippen LogP contribution < -0.4 is 4.90 Å². The zero-order chi connectivity index (χ0) is 16.9. The van der Waals surface area contributed by atoms with Crippen LogP contribution in [0.5, 0.6) is 0 Å². The summed E-state index contributed by atoms with van der Waals surface area (Å²) in [5.74, 6) is 0.552. The number of aryl methyl sites for hydroxylation is 1. The predicted molar refractivity (Wildman–Crippen MR) is 105 cm³/mol. The SMILES string of the molecule is CCc1cc(N(c2ccccc2)c2ccccc2)ccc1C(C)C. The van der Waals surface area contributed by atoms with Gasteiger partial charge in [-0.05, 0) is 59.9 Å². The van der Waals surface area contributed by atoms with Crippen molar-refractivity contribution in [3.63, 3.8) is 0 Å². The summed E-state index contributed by atoms with van der Waals surface area (Å²) in [7, 11) is 0. The van der Waals surface area contributed by atoms with Gasteiger partial charge in [0.1, 0.15) is 0 Å². The summed E-state index contributed by atoms with van der Waals surface area (Å²) in [4.78, 5) is 2.32. The molecule has 0 spiro atoms. The molecule has 1 nitrogen and oxygen atoms in total. The van der Waals surface area contributed by atoms with Crippen LogP contribution in [-0.2, 0) is 6.42 Å². The maximum atomic E-state index is 2.34. The van der Waals surface area contributed by atoms with Gasteiger partial charge in [0.05, 0.1) is 0 Å². The molecule has 122 valence electrons. The van der Waals surface area contributed by atoms with Crippen LogP contribution in [0, 0.1) is 0 Å². The molecule has 3 aromatic rings. The Hall–Kier alpha value is -2.54. The average molecular weight is 315 g/mol. The lowest BCUT2D eigenvalue weighted by atomic mass is 9.95. The van der Waals surface area contributed by atoms with Gasteiger partial charge in [0.15, 0.2) is 0 Å². The highest BCUT2D eigenvalue weighted by molar-refractivity contribution is 5.76. The first-order valence-corrected chi connectivity index (χ1v) is 8.73. The van der Waals surface area contributed by atoms with Crippen molar-refractivity contribution >= 4 is 17.1 Å². The van der Waals surface area contributed by atoms with Crippen molar-refractivity contribution in [2.45, 2.75) is 33.1 Å². The molecule has 0 atom stereocenters. The highest BCUT2D eigenvalue weighted by atomic mass is 15.1. The molecule has 24 heavy (non-hydrogen) atoms. The maximum Gasteiger partial charge on any atom is 0.0464 e. The number of rotatable bonds is 5. The van der Waals surface area contributed by atoms with Crippen LogP contribution in [0.4, 0.5) is 17.1 Å². The molecule has 0 N–H and O–H groups in total. The molecule has 0 aliphatic carbocycles. The Morgan fingerprint density at radius 1 is 0.708 bits per heavy atom. The van der Waals surface area contributed by atoms with Gasteiger partial charge in [-0.1, -0.05) is 63.2 Å². The molecular formula is C23H25N. The molecule has 1 heteroatoms. The molecule has 0 aliphatic heterocycles. The minimum absolute atomic E-state index is 0.552. The summed E-state index contributed by atoms with van der Waals surface area (Å²) < 4.78 is 0. The van der Waals surface area contributed by atoms with Crippen LogP contribution in [0.15, 0.2) is 78.9 Å². The van der Waals surface area contributed by atoms with Gasteiger partial charge in [-0.2, -0.15) is 0 Å². The first-order chi connectivity index (χ1) is 11.7. The van der Waals surface area contributed by atoms with E-state index < -0.39 is 0 Å². The molecule has 0 aliphatic rings. The highest BCUT2D eigenvalue weighted by Gasteiger charge is 2.14. The molecule has 3 aromatic carbocycles. The Balaban J connectivity index is 2.13. The lowest BCUT2D eigenvalue weighted by Gasteiger charge is -2.26. The third-order valence-corrected chi connectivity index (χ3v) is 4.42. The maximum absolute atomic E-state index is 2.34. The van der Waals surface area contributed by atoms with Gasteiger partial charge >= 0.3 is 0 Å². The van der Waals surface area contributed by atoms with Crippen molar-refractivity contribution in [1.82, 2.24) is 0 Å². The first-order valence-electron chi connectivity index (χ1n) is 8.73. The summed E-state index contributed by atoms with van der Waals surface area (Å²) in [5.41, 5.74) is 6.46. The second-order valence-corrected chi connectivity index (χ2v) is 6.40. The van der Waals surface area contributed by atoms with Crippen molar-refractivity contribution in [2.24, 2.45) is 0 Å². The van der Waals surface area contributed by atoms with Gasteiger partial charge in [0.25, 0.3) is 0 Å². The second kappa shape index (κ2) is 7.35. The molecule has 0 saturated carbocycles. The number of hydrogen-bond donors (Lipinski definition) is 0. The predicted octanol–water partition coefficient (Wildman–Crippen LogP) is 6.84. The van der Waals surface area contributed by atoms with E-state index in [1.54, 1.807) is 0 Å². The third kappa shape index (κ3) is 3.35. The van der Waals surface area contributed by atoms with E-state index in [2.05, 4.69) is 105 Å². The van der Waals surface area contributed by atoms with Crippen LogP contribution >= 0.6 is 0 Å². The standard InChI is InChI=1S/C23H25N/c1-4-19-17-22(15-16-23(19)18(2)3)24(20-11-7-5-8-12-20)21-13-9-6-10-14-21/h5-18H,4H2,1-3H3. The van der Waals surface area contributed by atoms with E-state index in [-0.39, 0.29) is 0 Å². The summed E-state index contributed by atoms with van der Waals surface area (Å²) in [5, 5.41) is 0. The Labute approximate surface area is 145 Å². The van der Waals surface area contributed by atoms with Crippen molar-refractivity contribution in [2.75, 3.05) is 4.90 Å². The largest absolute Gasteiger partial charge is 0.310 e. The van der Waals surface area contributed by atoms with E-state index in [1.807, 2.05) is 0 Å². The van der Waals surface area contributed by atoms with Crippen LogP contribution in [0.1, 0.15) is 37.8 Å². The first kappa shape index (κ1) is 16.3. The third-order valence-electron chi connectivity index (χ3n) is 4.42. The molecule has 0 radical (unpaired) electrons. The fraction of sp³-hybridized carbons (Fsp3) is 0.217. The van der Waals surface area contributed by atoms with Crippen molar-refractivity contribution in [3.8, 4) is 0 Å². The van der Waals surface area contributed by atoms with E-state index in [1.165, 1.54) is 28.2 Å². The van der Waals surface area contributed by atoms with Crippen LogP contribution in [0.2, 0.25) is 0 Å². The summed E-state index contributed by atoms with van der Waals surface area (Å²) in [6.07, 6.45) is 1.05. The highest BCUT2D eigenvalue weighted by Crippen LogP contribution is 2.36. The fourth-order valence-corrected chi connectivity index (χ4v) is 3.20. The molecule has 0 amide bonds. The molecule has 0 fully saturated rings. The van der Waals surface area contributed by atoms with Gasteiger partial charge in [0.2, 0.25) is 0 Å². The summed E-state index contributed by atoms with van der Waals surface area (Å²) >= 11 is 0. The zero-order valence-corrected chi connectivity index (χ0v) is 14.7. The molecule has 3 rings (SSSR count). The van der Waals surface area contributed by atoms with E-state index in [0.717, 1.165) is 6.42 Å². The minimum Gasteiger partial charge on any atom is -0.310 e. The Kier molecular flexibility index (Phi) is 5.00. The topological polar surface area (TPSA) is 3.24 Å². The number of para-hydroxylation sites is 2. The van der Waals surface area contributed by atoms with Gasteiger partial charge < -0.3 is 4.90 Å². The number of hydrogen-bond acceptors (Lipinski definition) is 1. The molecule has 0 heterocycles. The average Bonchev–Trinajstić information content (AvgIpc) is 2.63. The van der Waals surface area contributed by atoms with Gasteiger partial charge in [-0.3, -0.25) is 0 Å². The molecule has 0 saturated heterocycles. The second-order valence-electron chi connectivity index (χ2n) is 6.40. The normalized spacial score (nSPS) is 10.8. The minimum atomic E-state index is 0.552. The van der Waals surface area contributed by atoms with Gasteiger partial charge in [-0.15, -0.1) is 0 Å². The fourth-order valence-electron chi connectivity index (χ4n) is 3.20. The number of nitrogens with zero attached hydrogens (tertiary/aromatic N) is 1. The van der Waals surface area contributed by atoms with Crippen LogP contribution in [0.3, 0.4) is 0 Å². The summed E-state index contributed by atoms with van der Waals surface area (Å²) in [6.45, 7) is 6.76. The monoisotopic (exact) mass is 315 g/mol. The zero-order valence-electron chi connectivity index (χ0n) is 14.7. The smallest absolute Gasteiger partial charge is 0.0464 e. The Bertz CT molecular complexity index is 736. The van der Waals surface area contributed by atoms with E-state index in [0.29, 0.717) is 5.92 Å². The van der Waals surface area contributed by atoms with Gasteiger partial charge in [0, 0.05) is 17.1 Å². The van der Waals surface area contributed by atoms with E-state index >= 15 is 0 Å². The molecule has 0 bridgehead atoms. The van der Waals surface area contributed by atoms with Crippen LogP contribution in [-0.4, -0.2) is 0 Å². The molecule has 0 aromatic heterocycles. The van der Waals surface area contributed by atoms with Crippen molar-refractivity contribution in [3.05, 3.63) is 90.0 Å². The van der Waals surface area contributed by atoms with Crippen molar-refractivity contribution in [1.29, 1.82) is 0 Å². The lowest BCUT2D eigenvalue weighted by Crippen LogP contribution is -2.10. The van der Waals surface area contributed by atoms with Crippen LogP contribution in [0.25, 0.3) is 0 Å². The van der Waals surface area contributed by atoms with Gasteiger partial charge in [-0.25, -0.2) is 0 Å². The summed E-state index contributed by atoms with van der Waals surface area (Å²) in [6, 6.07) is 28.0. The quantitative estimate of drug-likeness (QED) is 0.498. The Morgan fingerprint density at radius 3 is 1.71 bits per heavy atom. The van der Waals surface area contributed by atoms with E-state index in [4.69, 9.17) is 0 Å². The van der Waals surface area contributed by atoms with E-state index in [9.17, 15) is 0 Å². The molecule has 0 unspecified atom stereocenters. The Morgan fingerprint density at radius 2 is 1.25 bits per heavy atom. The molecular weight excluding hydrogens is 290 g/mol. The lowest BCUT2D eigenvalue weighted by molar-refractivity contribution is 0.844. The number of benzene rings is 3. The number of anilines is 3.